The average molecular weight is 314 g/mol. The number of benzene rings is 2. The molecule has 1 atom stereocenters. The average Bonchev–Trinajstić information content (AvgIpc) is 2.36. The van der Waals surface area contributed by atoms with Crippen LogP contribution in [0.2, 0.25) is 5.02 Å². The molecule has 106 valence electrons. The molecule has 0 aliphatic rings. The molecule has 0 fully saturated rings. The molecule has 1 nitrogen and oxygen atoms in total. The Kier molecular flexibility index (Phi) is 5.02. The molecule has 0 spiro atoms. The lowest BCUT2D eigenvalue weighted by atomic mass is 10.1. The smallest absolute Gasteiger partial charge is 0.159 e. The zero-order valence-electron chi connectivity index (χ0n) is 10.9. The first-order valence-corrected chi connectivity index (χ1v) is 7.32. The van der Waals surface area contributed by atoms with Gasteiger partial charge in [0.15, 0.2) is 11.6 Å². The zero-order chi connectivity index (χ0) is 14.7. The fourth-order valence-corrected chi connectivity index (χ4v) is 2.98. The minimum Gasteiger partial charge on any atom is -0.328 e. The monoisotopic (exact) mass is 313 g/mol. The first-order valence-electron chi connectivity index (χ1n) is 6.12. The Morgan fingerprint density at radius 3 is 2.55 bits per heavy atom. The summed E-state index contributed by atoms with van der Waals surface area (Å²) >= 11 is 7.36. The summed E-state index contributed by atoms with van der Waals surface area (Å²) in [7, 11) is 0. The second-order valence-electron chi connectivity index (χ2n) is 4.61. The van der Waals surface area contributed by atoms with E-state index >= 15 is 0 Å². The van der Waals surface area contributed by atoms with Gasteiger partial charge >= 0.3 is 0 Å². The molecule has 0 heterocycles. The highest BCUT2D eigenvalue weighted by molar-refractivity contribution is 7.99. The highest BCUT2D eigenvalue weighted by Crippen LogP contribution is 2.33. The van der Waals surface area contributed by atoms with E-state index in [2.05, 4.69) is 0 Å². The van der Waals surface area contributed by atoms with Crippen molar-refractivity contribution in [2.75, 3.05) is 0 Å². The predicted octanol–water partition coefficient (Wildman–Crippen LogP) is 4.66. The maximum Gasteiger partial charge on any atom is 0.159 e. The minimum atomic E-state index is -0.849. The Balaban J connectivity index is 2.30. The van der Waals surface area contributed by atoms with Crippen molar-refractivity contribution < 1.29 is 8.78 Å². The Morgan fingerprint density at radius 1 is 1.15 bits per heavy atom. The topological polar surface area (TPSA) is 26.0 Å². The summed E-state index contributed by atoms with van der Waals surface area (Å²) in [5, 5.41) is 0.635. The van der Waals surface area contributed by atoms with Gasteiger partial charge in [-0.25, -0.2) is 8.78 Å². The minimum absolute atomic E-state index is 0.00206. The van der Waals surface area contributed by atoms with Gasteiger partial charge in [0.2, 0.25) is 0 Å². The van der Waals surface area contributed by atoms with E-state index in [0.29, 0.717) is 16.3 Å². The summed E-state index contributed by atoms with van der Waals surface area (Å²) in [6.45, 7) is 1.91. The van der Waals surface area contributed by atoms with E-state index < -0.39 is 11.6 Å². The van der Waals surface area contributed by atoms with Crippen molar-refractivity contribution in [2.45, 2.75) is 29.2 Å². The van der Waals surface area contributed by atoms with E-state index in [-0.39, 0.29) is 6.04 Å². The van der Waals surface area contributed by atoms with Crippen LogP contribution in [-0.2, 0) is 6.42 Å². The Morgan fingerprint density at radius 2 is 1.90 bits per heavy atom. The standard InChI is InChI=1S/C15H14ClF2NS/c1-9(19)6-10-7-11(16)2-5-15(10)20-12-3-4-13(17)14(18)8-12/h2-5,7-9H,6,19H2,1H3. The number of halogens is 3. The van der Waals surface area contributed by atoms with Crippen LogP contribution in [0.4, 0.5) is 8.78 Å². The molecule has 0 aliphatic heterocycles. The predicted molar refractivity (Wildman–Crippen MR) is 79.3 cm³/mol. The van der Waals surface area contributed by atoms with Gasteiger partial charge in [0.1, 0.15) is 0 Å². The lowest BCUT2D eigenvalue weighted by Crippen LogP contribution is -2.18. The molecule has 2 aromatic rings. The van der Waals surface area contributed by atoms with Crippen LogP contribution in [0.5, 0.6) is 0 Å². The normalized spacial score (nSPS) is 12.4. The van der Waals surface area contributed by atoms with Crippen LogP contribution >= 0.6 is 23.4 Å². The van der Waals surface area contributed by atoms with Crippen molar-refractivity contribution in [1.82, 2.24) is 0 Å². The SMILES string of the molecule is CC(N)Cc1cc(Cl)ccc1Sc1ccc(F)c(F)c1. The Bertz CT molecular complexity index is 617. The van der Waals surface area contributed by atoms with Gasteiger partial charge in [-0.2, -0.15) is 0 Å². The molecule has 0 aliphatic carbocycles. The van der Waals surface area contributed by atoms with Gasteiger partial charge in [-0.3, -0.25) is 0 Å². The van der Waals surface area contributed by atoms with Gasteiger partial charge in [0, 0.05) is 20.9 Å². The first-order chi connectivity index (χ1) is 9.45. The van der Waals surface area contributed by atoms with E-state index in [1.54, 1.807) is 12.1 Å². The van der Waals surface area contributed by atoms with Crippen LogP contribution in [0, 0.1) is 11.6 Å². The van der Waals surface area contributed by atoms with Crippen molar-refractivity contribution in [1.29, 1.82) is 0 Å². The number of hydrogen-bond donors (Lipinski definition) is 1. The van der Waals surface area contributed by atoms with Crippen molar-refractivity contribution >= 4 is 23.4 Å². The maximum atomic E-state index is 13.2. The lowest BCUT2D eigenvalue weighted by Gasteiger charge is -2.12. The van der Waals surface area contributed by atoms with Crippen LogP contribution in [0.15, 0.2) is 46.2 Å². The maximum absolute atomic E-state index is 13.2. The molecule has 0 amide bonds. The van der Waals surface area contributed by atoms with Crippen molar-refractivity contribution in [3.63, 3.8) is 0 Å². The summed E-state index contributed by atoms with van der Waals surface area (Å²) in [4.78, 5) is 1.58. The Labute approximate surface area is 126 Å². The molecule has 5 heteroatoms. The van der Waals surface area contributed by atoms with E-state index in [1.807, 2.05) is 19.1 Å². The van der Waals surface area contributed by atoms with Gasteiger partial charge in [0.25, 0.3) is 0 Å². The van der Waals surface area contributed by atoms with E-state index in [0.717, 1.165) is 16.5 Å². The molecule has 0 saturated heterocycles. The van der Waals surface area contributed by atoms with Crippen LogP contribution < -0.4 is 5.73 Å². The van der Waals surface area contributed by atoms with Gasteiger partial charge in [-0.05, 0) is 55.3 Å². The first kappa shape index (κ1) is 15.3. The Hall–Kier alpha value is -1.10. The lowest BCUT2D eigenvalue weighted by molar-refractivity contribution is 0.506. The van der Waals surface area contributed by atoms with E-state index in [4.69, 9.17) is 17.3 Å². The van der Waals surface area contributed by atoms with Crippen molar-refractivity contribution in [2.24, 2.45) is 5.73 Å². The van der Waals surface area contributed by atoms with Gasteiger partial charge in [-0.15, -0.1) is 0 Å². The van der Waals surface area contributed by atoms with Gasteiger partial charge in [-0.1, -0.05) is 23.4 Å². The van der Waals surface area contributed by atoms with Gasteiger partial charge in [0.05, 0.1) is 0 Å². The van der Waals surface area contributed by atoms with Crippen LogP contribution in [0.1, 0.15) is 12.5 Å². The third-order valence-corrected chi connectivity index (χ3v) is 4.03. The zero-order valence-corrected chi connectivity index (χ0v) is 12.4. The van der Waals surface area contributed by atoms with Crippen molar-refractivity contribution in [3.8, 4) is 0 Å². The molecular formula is C15H14ClF2NS. The second kappa shape index (κ2) is 6.57. The third-order valence-electron chi connectivity index (χ3n) is 2.68. The number of rotatable bonds is 4. The molecule has 2 aromatic carbocycles. The molecule has 1 unspecified atom stereocenters. The van der Waals surface area contributed by atoms with E-state index in [1.165, 1.54) is 17.8 Å². The molecule has 2 rings (SSSR count). The molecule has 0 bridgehead atoms. The van der Waals surface area contributed by atoms with E-state index in [9.17, 15) is 8.78 Å². The molecule has 20 heavy (non-hydrogen) atoms. The molecule has 0 radical (unpaired) electrons. The quantitative estimate of drug-likeness (QED) is 0.888. The number of nitrogens with two attached hydrogens (primary N) is 1. The molecule has 2 N–H and O–H groups in total. The number of hydrogen-bond acceptors (Lipinski definition) is 2. The fourth-order valence-electron chi connectivity index (χ4n) is 1.82. The van der Waals surface area contributed by atoms with Crippen LogP contribution in [0.25, 0.3) is 0 Å². The van der Waals surface area contributed by atoms with Gasteiger partial charge < -0.3 is 5.73 Å². The highest BCUT2D eigenvalue weighted by Gasteiger charge is 2.09. The largest absolute Gasteiger partial charge is 0.328 e. The summed E-state index contributed by atoms with van der Waals surface area (Å²) in [5.41, 5.74) is 6.82. The van der Waals surface area contributed by atoms with Crippen LogP contribution in [0.3, 0.4) is 0 Å². The molecule has 0 aromatic heterocycles. The van der Waals surface area contributed by atoms with Crippen molar-refractivity contribution in [3.05, 3.63) is 58.6 Å². The van der Waals surface area contributed by atoms with Crippen LogP contribution in [-0.4, -0.2) is 6.04 Å². The third kappa shape index (κ3) is 3.95. The molecular weight excluding hydrogens is 300 g/mol. The summed E-state index contributed by atoms with van der Waals surface area (Å²) in [6, 6.07) is 9.35. The highest BCUT2D eigenvalue weighted by atomic mass is 35.5. The second-order valence-corrected chi connectivity index (χ2v) is 6.16. The fraction of sp³-hybridized carbons (Fsp3) is 0.200. The summed E-state index contributed by atoms with van der Waals surface area (Å²) < 4.78 is 26.2. The summed E-state index contributed by atoms with van der Waals surface area (Å²) in [6.07, 6.45) is 0.673. The summed E-state index contributed by atoms with van der Waals surface area (Å²) in [5.74, 6) is -1.70. The molecule has 0 saturated carbocycles.